The average Bonchev–Trinajstić information content (AvgIpc) is 2.58. The molecule has 4 nitrogen and oxygen atoms in total. The predicted octanol–water partition coefficient (Wildman–Crippen LogP) is 1.45. The predicted molar refractivity (Wildman–Crippen MR) is 66.6 cm³/mol. The number of rotatable bonds is 2. The van der Waals surface area contributed by atoms with Crippen LogP contribution in [0.3, 0.4) is 0 Å². The van der Waals surface area contributed by atoms with Crippen molar-refractivity contribution in [2.45, 2.75) is 58.2 Å². The Kier molecular flexibility index (Phi) is 3.46. The van der Waals surface area contributed by atoms with Gasteiger partial charge in [-0.15, -0.1) is 0 Å². The zero-order valence-corrected chi connectivity index (χ0v) is 11.4. The summed E-state index contributed by atoms with van der Waals surface area (Å²) in [5.74, 6) is 0.205. The summed E-state index contributed by atoms with van der Waals surface area (Å²) in [6.45, 7) is 10.9. The lowest BCUT2D eigenvalue weighted by molar-refractivity contribution is -0.141. The Labute approximate surface area is 104 Å². The van der Waals surface area contributed by atoms with E-state index in [-0.39, 0.29) is 11.9 Å². The number of likely N-dealkylation sites (tertiary alicyclic amines) is 1. The van der Waals surface area contributed by atoms with Gasteiger partial charge in [-0.1, -0.05) is 0 Å². The number of piperidine rings is 1. The minimum atomic E-state index is -0.504. The van der Waals surface area contributed by atoms with E-state index in [0.717, 1.165) is 25.9 Å². The summed E-state index contributed by atoms with van der Waals surface area (Å²) in [5, 5.41) is 0. The van der Waals surface area contributed by atoms with Gasteiger partial charge in [0.2, 0.25) is 0 Å². The third kappa shape index (κ3) is 2.20. The van der Waals surface area contributed by atoms with Crippen molar-refractivity contribution in [3.8, 4) is 0 Å². The molecule has 0 aromatic rings. The number of amides is 1. The Bertz CT molecular complexity index is 294. The van der Waals surface area contributed by atoms with Crippen molar-refractivity contribution in [2.24, 2.45) is 0 Å². The van der Waals surface area contributed by atoms with Crippen LogP contribution in [-0.4, -0.2) is 53.2 Å². The highest BCUT2D eigenvalue weighted by molar-refractivity contribution is 5.87. The molecule has 2 heterocycles. The fourth-order valence-corrected chi connectivity index (χ4v) is 2.72. The van der Waals surface area contributed by atoms with E-state index in [1.807, 2.05) is 18.7 Å². The van der Waals surface area contributed by atoms with Gasteiger partial charge in [-0.25, -0.2) is 0 Å². The van der Waals surface area contributed by atoms with Crippen LogP contribution in [0.1, 0.15) is 40.5 Å². The first-order valence-electron chi connectivity index (χ1n) is 6.65. The second-order valence-corrected chi connectivity index (χ2v) is 5.77. The molecule has 17 heavy (non-hydrogen) atoms. The number of carbonyl (C=O) groups excluding carboxylic acids is 1. The summed E-state index contributed by atoms with van der Waals surface area (Å²) < 4.78 is 5.85. The van der Waals surface area contributed by atoms with Crippen molar-refractivity contribution in [1.82, 2.24) is 9.80 Å². The molecule has 4 heteroatoms. The number of nitrogens with zero attached hydrogens (tertiary/aromatic N) is 2. The quantitative estimate of drug-likeness (QED) is 0.732. The second kappa shape index (κ2) is 4.58. The number of ether oxygens (including phenoxy) is 1. The van der Waals surface area contributed by atoms with Crippen LogP contribution in [0.5, 0.6) is 0 Å². The molecule has 0 aromatic carbocycles. The van der Waals surface area contributed by atoms with Crippen molar-refractivity contribution in [3.05, 3.63) is 0 Å². The standard InChI is InChI=1S/C13H24N2O2/c1-10(2)14-7-5-13(6-8-14)12(16)15(9-17-13)11(3)4/h10-11H,5-9H2,1-4H3. The molecule has 2 saturated heterocycles. The molecule has 0 N–H and O–H groups in total. The Morgan fingerprint density at radius 2 is 1.71 bits per heavy atom. The summed E-state index contributed by atoms with van der Waals surface area (Å²) >= 11 is 0. The van der Waals surface area contributed by atoms with Gasteiger partial charge in [-0.05, 0) is 40.5 Å². The summed E-state index contributed by atoms with van der Waals surface area (Å²) in [6, 6.07) is 0.801. The maximum atomic E-state index is 12.4. The zero-order chi connectivity index (χ0) is 12.6. The van der Waals surface area contributed by atoms with Crippen LogP contribution >= 0.6 is 0 Å². The molecular formula is C13H24N2O2. The zero-order valence-electron chi connectivity index (χ0n) is 11.4. The molecule has 2 aliphatic heterocycles. The lowest BCUT2D eigenvalue weighted by atomic mass is 9.89. The molecule has 1 amide bonds. The Morgan fingerprint density at radius 3 is 2.12 bits per heavy atom. The molecule has 0 aliphatic carbocycles. The number of carbonyl (C=O) groups is 1. The highest BCUT2D eigenvalue weighted by Crippen LogP contribution is 2.34. The summed E-state index contributed by atoms with van der Waals surface area (Å²) in [6.07, 6.45) is 1.68. The Balaban J connectivity index is 2.02. The summed E-state index contributed by atoms with van der Waals surface area (Å²) in [5.41, 5.74) is -0.504. The molecular weight excluding hydrogens is 216 g/mol. The monoisotopic (exact) mass is 240 g/mol. The van der Waals surface area contributed by atoms with Gasteiger partial charge < -0.3 is 14.5 Å². The molecule has 0 saturated carbocycles. The van der Waals surface area contributed by atoms with E-state index < -0.39 is 5.60 Å². The number of hydrogen-bond acceptors (Lipinski definition) is 3. The van der Waals surface area contributed by atoms with Crippen LogP contribution in [-0.2, 0) is 9.53 Å². The molecule has 2 fully saturated rings. The first kappa shape index (κ1) is 12.8. The smallest absolute Gasteiger partial charge is 0.257 e. The number of hydrogen-bond donors (Lipinski definition) is 0. The highest BCUT2D eigenvalue weighted by atomic mass is 16.5. The van der Waals surface area contributed by atoms with Crippen LogP contribution in [0.4, 0.5) is 0 Å². The van der Waals surface area contributed by atoms with Gasteiger partial charge in [0.1, 0.15) is 6.73 Å². The second-order valence-electron chi connectivity index (χ2n) is 5.77. The lowest BCUT2D eigenvalue weighted by Crippen LogP contribution is -2.52. The maximum Gasteiger partial charge on any atom is 0.257 e. The summed E-state index contributed by atoms with van der Waals surface area (Å²) in [4.78, 5) is 16.7. The van der Waals surface area contributed by atoms with Crippen molar-refractivity contribution in [3.63, 3.8) is 0 Å². The normalized spacial score (nSPS) is 25.5. The SMILES string of the molecule is CC(C)N1CCC2(CC1)OCN(C(C)C)C2=O. The molecule has 0 aromatic heterocycles. The van der Waals surface area contributed by atoms with Crippen LogP contribution < -0.4 is 0 Å². The van der Waals surface area contributed by atoms with Gasteiger partial charge in [0, 0.05) is 25.2 Å². The summed E-state index contributed by atoms with van der Waals surface area (Å²) in [7, 11) is 0. The van der Waals surface area contributed by atoms with E-state index in [0.29, 0.717) is 12.8 Å². The topological polar surface area (TPSA) is 32.8 Å². The van der Waals surface area contributed by atoms with Crippen LogP contribution in [0, 0.1) is 0 Å². The van der Waals surface area contributed by atoms with Crippen molar-refractivity contribution in [2.75, 3.05) is 19.8 Å². The van der Waals surface area contributed by atoms with E-state index in [1.54, 1.807) is 0 Å². The molecule has 1 spiro atoms. The van der Waals surface area contributed by atoms with Gasteiger partial charge in [-0.3, -0.25) is 4.79 Å². The first-order valence-corrected chi connectivity index (χ1v) is 6.65. The fraction of sp³-hybridized carbons (Fsp3) is 0.923. The molecule has 0 unspecified atom stereocenters. The average molecular weight is 240 g/mol. The molecule has 0 radical (unpaired) electrons. The third-order valence-electron chi connectivity index (χ3n) is 4.09. The van der Waals surface area contributed by atoms with Gasteiger partial charge in [0.15, 0.2) is 5.60 Å². The van der Waals surface area contributed by atoms with Gasteiger partial charge in [0.05, 0.1) is 0 Å². The largest absolute Gasteiger partial charge is 0.345 e. The van der Waals surface area contributed by atoms with Crippen LogP contribution in [0.15, 0.2) is 0 Å². The fourth-order valence-electron chi connectivity index (χ4n) is 2.72. The third-order valence-corrected chi connectivity index (χ3v) is 4.09. The molecule has 2 rings (SSSR count). The highest BCUT2D eigenvalue weighted by Gasteiger charge is 2.50. The van der Waals surface area contributed by atoms with E-state index in [1.165, 1.54) is 0 Å². The lowest BCUT2D eigenvalue weighted by Gasteiger charge is -2.38. The minimum absolute atomic E-state index is 0.205. The molecule has 2 aliphatic rings. The van der Waals surface area contributed by atoms with Crippen LogP contribution in [0.25, 0.3) is 0 Å². The van der Waals surface area contributed by atoms with E-state index >= 15 is 0 Å². The van der Waals surface area contributed by atoms with Crippen molar-refractivity contribution in [1.29, 1.82) is 0 Å². The van der Waals surface area contributed by atoms with Crippen molar-refractivity contribution >= 4 is 5.91 Å². The van der Waals surface area contributed by atoms with Crippen LogP contribution in [0.2, 0.25) is 0 Å². The van der Waals surface area contributed by atoms with E-state index in [4.69, 9.17) is 4.74 Å². The van der Waals surface area contributed by atoms with E-state index in [2.05, 4.69) is 18.7 Å². The Hall–Kier alpha value is -0.610. The van der Waals surface area contributed by atoms with Crippen molar-refractivity contribution < 1.29 is 9.53 Å². The van der Waals surface area contributed by atoms with Gasteiger partial charge in [-0.2, -0.15) is 0 Å². The maximum absolute atomic E-state index is 12.4. The minimum Gasteiger partial charge on any atom is -0.345 e. The van der Waals surface area contributed by atoms with Gasteiger partial charge in [0.25, 0.3) is 5.91 Å². The van der Waals surface area contributed by atoms with Gasteiger partial charge >= 0.3 is 0 Å². The Morgan fingerprint density at radius 1 is 1.12 bits per heavy atom. The molecule has 98 valence electrons. The molecule has 0 bridgehead atoms. The first-order chi connectivity index (χ1) is 7.96. The van der Waals surface area contributed by atoms with E-state index in [9.17, 15) is 4.79 Å². The molecule has 0 atom stereocenters.